The van der Waals surface area contributed by atoms with Gasteiger partial charge in [0.25, 0.3) is 0 Å². The third-order valence-electron chi connectivity index (χ3n) is 3.60. The van der Waals surface area contributed by atoms with E-state index in [4.69, 9.17) is 4.74 Å². The number of benzene rings is 1. The average Bonchev–Trinajstić information content (AvgIpc) is 2.28. The number of fused-ring (bicyclic) bond motifs is 2. The van der Waals surface area contributed by atoms with Gasteiger partial charge in [-0.1, -0.05) is 24.3 Å². The fraction of sp³-hybridized carbons (Fsp3) is 0.500. The van der Waals surface area contributed by atoms with Gasteiger partial charge in [-0.2, -0.15) is 0 Å². The van der Waals surface area contributed by atoms with Gasteiger partial charge in [-0.25, -0.2) is 0 Å². The number of nitrogens with zero attached hydrogens (tertiary/aromatic N) is 1. The SMILES string of the molecule is CC(=O)c1ccc(CN2CC3CC(C2)O3)cc1. The van der Waals surface area contributed by atoms with Gasteiger partial charge in [0.2, 0.25) is 0 Å². The standard InChI is InChI=1S/C14H17NO2/c1-10(16)12-4-2-11(3-5-12)7-15-8-13-6-14(9-15)17-13/h2-5,13-14H,6-9H2,1H3. The lowest BCUT2D eigenvalue weighted by atomic mass is 9.98. The summed E-state index contributed by atoms with van der Waals surface area (Å²) in [5, 5.41) is 0. The average molecular weight is 231 g/mol. The normalized spacial score (nSPS) is 27.6. The third-order valence-corrected chi connectivity index (χ3v) is 3.60. The summed E-state index contributed by atoms with van der Waals surface area (Å²) in [6, 6.07) is 7.94. The maximum atomic E-state index is 11.2. The van der Waals surface area contributed by atoms with Crippen LogP contribution in [-0.4, -0.2) is 36.0 Å². The van der Waals surface area contributed by atoms with Crippen LogP contribution in [0.3, 0.4) is 0 Å². The number of ether oxygens (including phenoxy) is 1. The molecule has 2 unspecified atom stereocenters. The van der Waals surface area contributed by atoms with Gasteiger partial charge in [0.1, 0.15) is 0 Å². The second kappa shape index (κ2) is 4.24. The second-order valence-electron chi connectivity index (χ2n) is 5.06. The smallest absolute Gasteiger partial charge is 0.159 e. The number of piperidine rings is 1. The first-order valence-electron chi connectivity index (χ1n) is 6.18. The van der Waals surface area contributed by atoms with Crippen molar-refractivity contribution in [3.63, 3.8) is 0 Å². The lowest BCUT2D eigenvalue weighted by Crippen LogP contribution is -2.56. The molecule has 0 amide bonds. The summed E-state index contributed by atoms with van der Waals surface area (Å²) in [6.07, 6.45) is 2.16. The summed E-state index contributed by atoms with van der Waals surface area (Å²) in [4.78, 5) is 13.6. The molecule has 3 nitrogen and oxygen atoms in total. The van der Waals surface area contributed by atoms with E-state index in [0.717, 1.165) is 25.2 Å². The number of morpholine rings is 1. The van der Waals surface area contributed by atoms with Crippen molar-refractivity contribution in [2.45, 2.75) is 32.1 Å². The summed E-state index contributed by atoms with van der Waals surface area (Å²) in [5.74, 6) is 0.129. The largest absolute Gasteiger partial charge is 0.372 e. The van der Waals surface area contributed by atoms with Crippen LogP contribution in [0.5, 0.6) is 0 Å². The molecule has 0 aromatic heterocycles. The number of hydrogen-bond donors (Lipinski definition) is 0. The number of rotatable bonds is 3. The van der Waals surface area contributed by atoms with Crippen LogP contribution in [0.15, 0.2) is 24.3 Å². The van der Waals surface area contributed by atoms with Crippen LogP contribution in [0, 0.1) is 0 Å². The van der Waals surface area contributed by atoms with Crippen molar-refractivity contribution in [3.05, 3.63) is 35.4 Å². The lowest BCUT2D eigenvalue weighted by molar-refractivity contribution is -0.182. The van der Waals surface area contributed by atoms with Crippen molar-refractivity contribution in [3.8, 4) is 0 Å². The van der Waals surface area contributed by atoms with Gasteiger partial charge in [-0.15, -0.1) is 0 Å². The molecule has 17 heavy (non-hydrogen) atoms. The van der Waals surface area contributed by atoms with Crippen LogP contribution in [0.1, 0.15) is 29.3 Å². The van der Waals surface area contributed by atoms with Crippen LogP contribution in [0.2, 0.25) is 0 Å². The van der Waals surface area contributed by atoms with Crippen molar-refractivity contribution < 1.29 is 9.53 Å². The Kier molecular flexibility index (Phi) is 2.73. The fourth-order valence-corrected chi connectivity index (χ4v) is 2.67. The molecule has 2 atom stereocenters. The molecule has 1 aromatic carbocycles. The lowest BCUT2D eigenvalue weighted by Gasteiger charge is -2.47. The summed E-state index contributed by atoms with van der Waals surface area (Å²) < 4.78 is 5.61. The van der Waals surface area contributed by atoms with Gasteiger partial charge in [-0.05, 0) is 12.5 Å². The van der Waals surface area contributed by atoms with Gasteiger partial charge < -0.3 is 4.74 Å². The molecule has 0 saturated carbocycles. The zero-order chi connectivity index (χ0) is 11.8. The highest BCUT2D eigenvalue weighted by Crippen LogP contribution is 2.28. The molecule has 3 heteroatoms. The van der Waals surface area contributed by atoms with Crippen LogP contribution < -0.4 is 0 Å². The van der Waals surface area contributed by atoms with Crippen molar-refractivity contribution >= 4 is 5.78 Å². The van der Waals surface area contributed by atoms with Crippen molar-refractivity contribution in [1.82, 2.24) is 4.90 Å². The molecule has 2 bridgehead atoms. The van der Waals surface area contributed by atoms with Crippen molar-refractivity contribution in [2.75, 3.05) is 13.1 Å². The summed E-state index contributed by atoms with van der Waals surface area (Å²) in [5.41, 5.74) is 2.06. The van der Waals surface area contributed by atoms with E-state index < -0.39 is 0 Å². The molecule has 0 radical (unpaired) electrons. The first-order valence-corrected chi connectivity index (χ1v) is 6.18. The highest BCUT2D eigenvalue weighted by atomic mass is 16.5. The zero-order valence-corrected chi connectivity index (χ0v) is 10.1. The van der Waals surface area contributed by atoms with E-state index in [1.807, 2.05) is 12.1 Å². The van der Waals surface area contributed by atoms with Gasteiger partial charge >= 0.3 is 0 Å². The molecule has 0 spiro atoms. The predicted molar refractivity (Wildman–Crippen MR) is 65.0 cm³/mol. The van der Waals surface area contributed by atoms with E-state index in [-0.39, 0.29) is 5.78 Å². The summed E-state index contributed by atoms with van der Waals surface area (Å²) in [6.45, 7) is 4.66. The minimum absolute atomic E-state index is 0.129. The first kappa shape index (κ1) is 10.9. The Hall–Kier alpha value is -1.19. The fourth-order valence-electron chi connectivity index (χ4n) is 2.67. The number of Topliss-reactive ketones (excluding diaryl/α,β-unsaturated/α-hetero) is 1. The minimum Gasteiger partial charge on any atom is -0.372 e. The van der Waals surface area contributed by atoms with E-state index in [2.05, 4.69) is 17.0 Å². The molecule has 3 fully saturated rings. The quantitative estimate of drug-likeness (QED) is 0.744. The van der Waals surface area contributed by atoms with Crippen molar-refractivity contribution in [1.29, 1.82) is 0 Å². The Balaban J connectivity index is 1.63. The molecule has 3 aliphatic rings. The third kappa shape index (κ3) is 2.26. The zero-order valence-electron chi connectivity index (χ0n) is 10.1. The Morgan fingerprint density at radius 1 is 1.29 bits per heavy atom. The first-order chi connectivity index (χ1) is 8.20. The van der Waals surface area contributed by atoms with Gasteiger partial charge in [-0.3, -0.25) is 9.69 Å². The number of hydrogen-bond acceptors (Lipinski definition) is 3. The molecule has 4 rings (SSSR count). The molecule has 90 valence electrons. The predicted octanol–water partition coefficient (Wildman–Crippen LogP) is 1.86. The van der Waals surface area contributed by atoms with Gasteiger partial charge in [0.05, 0.1) is 12.2 Å². The molecule has 1 aromatic rings. The maximum absolute atomic E-state index is 11.2. The Labute approximate surface area is 101 Å². The molecular weight excluding hydrogens is 214 g/mol. The Morgan fingerprint density at radius 3 is 2.41 bits per heavy atom. The molecule has 0 aliphatic carbocycles. The van der Waals surface area contributed by atoms with E-state index >= 15 is 0 Å². The van der Waals surface area contributed by atoms with Crippen LogP contribution in [0.25, 0.3) is 0 Å². The number of ketones is 1. The molecule has 3 aliphatic heterocycles. The van der Waals surface area contributed by atoms with E-state index in [9.17, 15) is 4.79 Å². The maximum Gasteiger partial charge on any atom is 0.159 e. The van der Waals surface area contributed by atoms with Crippen LogP contribution >= 0.6 is 0 Å². The Bertz CT molecular complexity index is 410. The van der Waals surface area contributed by atoms with E-state index in [1.54, 1.807) is 6.92 Å². The Morgan fingerprint density at radius 2 is 1.88 bits per heavy atom. The summed E-state index contributed by atoms with van der Waals surface area (Å²) in [7, 11) is 0. The number of carbonyl (C=O) groups excluding carboxylic acids is 1. The number of carbonyl (C=O) groups is 1. The van der Waals surface area contributed by atoms with E-state index in [1.165, 1.54) is 12.0 Å². The molecule has 3 heterocycles. The molecule has 0 N–H and O–H groups in total. The highest BCUT2D eigenvalue weighted by molar-refractivity contribution is 5.93. The van der Waals surface area contributed by atoms with E-state index in [0.29, 0.717) is 12.2 Å². The van der Waals surface area contributed by atoms with Crippen LogP contribution in [-0.2, 0) is 11.3 Å². The second-order valence-corrected chi connectivity index (χ2v) is 5.06. The molecule has 3 saturated heterocycles. The minimum atomic E-state index is 0.129. The highest BCUT2D eigenvalue weighted by Gasteiger charge is 2.37. The van der Waals surface area contributed by atoms with Gasteiger partial charge in [0.15, 0.2) is 5.78 Å². The topological polar surface area (TPSA) is 29.5 Å². The van der Waals surface area contributed by atoms with Crippen LogP contribution in [0.4, 0.5) is 0 Å². The van der Waals surface area contributed by atoms with Gasteiger partial charge in [0, 0.05) is 31.6 Å². The van der Waals surface area contributed by atoms with Crippen molar-refractivity contribution in [2.24, 2.45) is 0 Å². The monoisotopic (exact) mass is 231 g/mol. The summed E-state index contributed by atoms with van der Waals surface area (Å²) >= 11 is 0. The molecular formula is C14H17NO2.